The van der Waals surface area contributed by atoms with Crippen LogP contribution in [-0.4, -0.2) is 70.7 Å². The van der Waals surface area contributed by atoms with E-state index < -0.39 is 24.1 Å². The predicted octanol–water partition coefficient (Wildman–Crippen LogP) is 0.805. The summed E-state index contributed by atoms with van der Waals surface area (Å²) in [5, 5.41) is 52.2. The Labute approximate surface area is 229 Å². The number of aromatic hydroxyl groups is 1. The number of nitrogens with one attached hydrogen (secondary N) is 4. The van der Waals surface area contributed by atoms with E-state index in [0.29, 0.717) is 37.1 Å². The smallest absolute Gasteiger partial charge is 0.347 e. The Morgan fingerprint density at radius 2 is 1.87 bits per heavy atom. The highest BCUT2D eigenvalue weighted by Gasteiger charge is 2.26. The molecule has 2 rings (SSSR count). The average molecular weight is 571 g/mol. The van der Waals surface area contributed by atoms with Gasteiger partial charge in [-0.15, -0.1) is 5.10 Å². The second-order valence-electron chi connectivity index (χ2n) is 8.26. The van der Waals surface area contributed by atoms with Crippen LogP contribution in [0.2, 0.25) is 10.0 Å². The van der Waals surface area contributed by atoms with E-state index in [-0.39, 0.29) is 40.5 Å². The van der Waals surface area contributed by atoms with Gasteiger partial charge in [0.15, 0.2) is 0 Å². The monoisotopic (exact) mass is 570 g/mol. The number of carbonyl (C=O) groups excluding carboxylic acids is 1. The van der Waals surface area contributed by atoms with Crippen LogP contribution >= 0.6 is 23.2 Å². The minimum atomic E-state index is -1.63. The molecule has 0 aliphatic carbocycles. The van der Waals surface area contributed by atoms with Gasteiger partial charge in [-0.1, -0.05) is 35.3 Å². The fraction of sp³-hybridized carbons (Fsp3) is 0.375. The van der Waals surface area contributed by atoms with Crippen LogP contribution in [-0.2, 0) is 11.2 Å². The second-order valence-corrected chi connectivity index (χ2v) is 9.04. The Kier molecular flexibility index (Phi) is 12.4. The molecule has 0 saturated heterocycles. The summed E-state index contributed by atoms with van der Waals surface area (Å²) in [6, 6.07) is 8.00. The normalized spacial score (nSPS) is 13.0. The largest absolute Gasteiger partial charge is 0.508 e. The zero-order valence-electron chi connectivity index (χ0n) is 20.7. The van der Waals surface area contributed by atoms with Gasteiger partial charge in [-0.2, -0.15) is 0 Å². The van der Waals surface area contributed by atoms with Gasteiger partial charge in [-0.05, 0) is 67.7 Å². The number of aliphatic hydroxyl groups excluding tert-OH is 2. The van der Waals surface area contributed by atoms with Gasteiger partial charge >= 0.3 is 5.97 Å². The van der Waals surface area contributed by atoms with E-state index in [1.165, 1.54) is 12.1 Å². The quantitative estimate of drug-likeness (QED) is 0.0414. The summed E-state index contributed by atoms with van der Waals surface area (Å²) in [6.07, 6.45) is -1.53. The highest BCUT2D eigenvalue weighted by Crippen LogP contribution is 2.31. The number of hydrogen-bond acceptors (Lipinski definition) is 8. The molecule has 2 aromatic carbocycles. The number of aliphatic hydroxyl groups is 2. The van der Waals surface area contributed by atoms with Crippen molar-refractivity contribution in [2.45, 2.75) is 32.0 Å². The number of phenols is 1. The number of nitrogens with zero attached hydrogens (tertiary/aromatic N) is 1. The second kappa shape index (κ2) is 15.2. The first kappa shape index (κ1) is 30.9. The van der Waals surface area contributed by atoms with Gasteiger partial charge in [-0.25, -0.2) is 4.79 Å². The van der Waals surface area contributed by atoms with Crippen LogP contribution in [0.3, 0.4) is 0 Å². The third kappa shape index (κ3) is 8.92. The Morgan fingerprint density at radius 1 is 1.13 bits per heavy atom. The SMILES string of the molecule is Cc1cc(Cl)c(C(=O)NC(N/C(=N/N)NCCO)C(=O)O)c(Cl)c1CCNCCC(O)c1cccc(O)c1. The van der Waals surface area contributed by atoms with Crippen molar-refractivity contribution in [2.75, 3.05) is 26.2 Å². The first-order chi connectivity index (χ1) is 18.1. The summed E-state index contributed by atoms with van der Waals surface area (Å²) >= 11 is 12.8. The molecule has 0 spiro atoms. The molecule has 12 nitrogen and oxygen atoms in total. The van der Waals surface area contributed by atoms with E-state index in [0.717, 1.165) is 5.56 Å². The minimum Gasteiger partial charge on any atom is -0.508 e. The molecule has 2 aromatic rings. The summed E-state index contributed by atoms with van der Waals surface area (Å²) in [7, 11) is 0. The lowest BCUT2D eigenvalue weighted by atomic mass is 10.0. The zero-order chi connectivity index (χ0) is 28.2. The predicted molar refractivity (Wildman–Crippen MR) is 144 cm³/mol. The molecule has 0 radical (unpaired) electrons. The number of benzene rings is 2. The van der Waals surface area contributed by atoms with Crippen LogP contribution in [0.15, 0.2) is 35.4 Å². The summed E-state index contributed by atoms with van der Waals surface area (Å²) in [5.74, 6) is 2.88. The maximum Gasteiger partial charge on any atom is 0.347 e. The number of guanidine groups is 1. The number of carboxylic acid groups (broad SMARTS) is 1. The van der Waals surface area contributed by atoms with E-state index in [1.807, 2.05) is 0 Å². The van der Waals surface area contributed by atoms with E-state index in [2.05, 4.69) is 26.4 Å². The molecule has 38 heavy (non-hydrogen) atoms. The number of amides is 1. The number of nitrogens with two attached hydrogens (primary N) is 1. The van der Waals surface area contributed by atoms with Crippen molar-refractivity contribution >= 4 is 41.0 Å². The molecule has 1 amide bonds. The summed E-state index contributed by atoms with van der Waals surface area (Å²) in [5.41, 5.74) is 1.92. The average Bonchev–Trinajstić information content (AvgIpc) is 2.86. The summed E-state index contributed by atoms with van der Waals surface area (Å²) < 4.78 is 0. The molecular weight excluding hydrogens is 539 g/mol. The third-order valence-electron chi connectivity index (χ3n) is 5.51. The molecule has 0 aliphatic rings. The van der Waals surface area contributed by atoms with Crippen molar-refractivity contribution in [2.24, 2.45) is 10.9 Å². The molecular formula is C24H32Cl2N6O6. The number of phenolic OH excluding ortho intramolecular Hbond substituents is 1. The number of hydrazone groups is 1. The van der Waals surface area contributed by atoms with Gasteiger partial charge in [0.2, 0.25) is 12.1 Å². The van der Waals surface area contributed by atoms with Gasteiger partial charge in [0.1, 0.15) is 5.75 Å². The number of rotatable bonds is 13. The molecule has 2 unspecified atom stereocenters. The molecule has 14 heteroatoms. The molecule has 0 saturated carbocycles. The van der Waals surface area contributed by atoms with Crippen LogP contribution in [0.5, 0.6) is 5.75 Å². The number of aliphatic carboxylic acids is 1. The van der Waals surface area contributed by atoms with Crippen LogP contribution in [0.25, 0.3) is 0 Å². The standard InChI is InChI=1S/C24H32Cl2N6O6/c1-13-11-17(25)19(22(36)30-21(23(37)38)31-24(32-27)29-9-10-33)20(26)16(13)5-7-28-8-6-18(35)14-3-2-4-15(34)12-14/h2-4,11-12,18,21,28,33-35H,5-10,27H2,1H3,(H,30,36)(H,37,38)(H2,29,31,32). The number of carboxylic acids is 1. The third-order valence-corrected chi connectivity index (χ3v) is 6.22. The zero-order valence-corrected chi connectivity index (χ0v) is 22.2. The first-order valence-electron chi connectivity index (χ1n) is 11.7. The molecule has 208 valence electrons. The van der Waals surface area contributed by atoms with E-state index >= 15 is 0 Å². The highest BCUT2D eigenvalue weighted by atomic mass is 35.5. The number of hydrogen-bond donors (Lipinski definition) is 9. The molecule has 2 atom stereocenters. The maximum atomic E-state index is 13.0. The fourth-order valence-corrected chi connectivity index (χ4v) is 4.40. The van der Waals surface area contributed by atoms with Crippen molar-refractivity contribution in [1.29, 1.82) is 0 Å². The van der Waals surface area contributed by atoms with Gasteiger partial charge in [0.25, 0.3) is 5.91 Å². The number of halogens is 2. The molecule has 0 heterocycles. The van der Waals surface area contributed by atoms with Crippen molar-refractivity contribution < 1.29 is 30.0 Å². The van der Waals surface area contributed by atoms with E-state index in [4.69, 9.17) is 34.2 Å². The van der Waals surface area contributed by atoms with Crippen molar-refractivity contribution in [3.8, 4) is 5.75 Å². The van der Waals surface area contributed by atoms with Crippen LogP contribution < -0.4 is 27.1 Å². The van der Waals surface area contributed by atoms with Crippen LogP contribution in [0, 0.1) is 6.92 Å². The lowest BCUT2D eigenvalue weighted by molar-refractivity contribution is -0.139. The van der Waals surface area contributed by atoms with Crippen molar-refractivity contribution in [3.05, 3.63) is 62.6 Å². The van der Waals surface area contributed by atoms with Gasteiger partial charge in [-0.3, -0.25) is 4.79 Å². The molecule has 10 N–H and O–H groups in total. The minimum absolute atomic E-state index is 0.0468. The first-order valence-corrected chi connectivity index (χ1v) is 12.4. The molecule has 0 fully saturated rings. The topological polar surface area (TPSA) is 202 Å². The van der Waals surface area contributed by atoms with Gasteiger partial charge in [0, 0.05) is 6.54 Å². The Balaban J connectivity index is 2.04. The lowest BCUT2D eigenvalue weighted by Crippen LogP contribution is -2.56. The van der Waals surface area contributed by atoms with Crippen molar-refractivity contribution in [3.63, 3.8) is 0 Å². The molecule has 0 aromatic heterocycles. The number of carbonyl (C=O) groups is 2. The summed E-state index contributed by atoms with van der Waals surface area (Å²) in [6.45, 7) is 2.54. The van der Waals surface area contributed by atoms with Crippen molar-refractivity contribution in [1.82, 2.24) is 21.3 Å². The van der Waals surface area contributed by atoms with Crippen LogP contribution in [0.4, 0.5) is 0 Å². The van der Waals surface area contributed by atoms with E-state index in [1.54, 1.807) is 25.1 Å². The van der Waals surface area contributed by atoms with E-state index in [9.17, 15) is 24.9 Å². The Bertz CT molecular complexity index is 1150. The molecule has 0 bridgehead atoms. The van der Waals surface area contributed by atoms with Gasteiger partial charge in [0.05, 0.1) is 28.3 Å². The fourth-order valence-electron chi connectivity index (χ4n) is 3.58. The lowest BCUT2D eigenvalue weighted by Gasteiger charge is -2.20. The Hall–Kier alpha value is -3.29. The number of aryl methyl sites for hydroxylation is 1. The molecule has 0 aliphatic heterocycles. The highest BCUT2D eigenvalue weighted by molar-refractivity contribution is 6.40. The summed E-state index contributed by atoms with van der Waals surface area (Å²) in [4.78, 5) is 24.7. The van der Waals surface area contributed by atoms with Crippen LogP contribution in [0.1, 0.15) is 39.6 Å². The Morgan fingerprint density at radius 3 is 2.50 bits per heavy atom. The van der Waals surface area contributed by atoms with Gasteiger partial charge < -0.3 is 47.5 Å². The maximum absolute atomic E-state index is 13.0.